The van der Waals surface area contributed by atoms with Crippen LogP contribution in [0.25, 0.3) is 11.1 Å². The Morgan fingerprint density at radius 3 is 2.60 bits per heavy atom. The van der Waals surface area contributed by atoms with E-state index in [0.29, 0.717) is 5.75 Å². The van der Waals surface area contributed by atoms with Crippen molar-refractivity contribution < 1.29 is 14.3 Å². The molecule has 4 rings (SSSR count). The van der Waals surface area contributed by atoms with Gasteiger partial charge >= 0.3 is 0 Å². The van der Waals surface area contributed by atoms with Crippen molar-refractivity contribution in [3.63, 3.8) is 0 Å². The minimum Gasteiger partial charge on any atom is -0.507 e. The Bertz CT molecular complexity index is 1000. The van der Waals surface area contributed by atoms with E-state index in [2.05, 4.69) is 11.9 Å². The van der Waals surface area contributed by atoms with Crippen molar-refractivity contribution in [2.75, 3.05) is 0 Å². The highest BCUT2D eigenvalue weighted by atomic mass is 16.5. The van der Waals surface area contributed by atoms with Gasteiger partial charge < -0.3 is 14.3 Å². The van der Waals surface area contributed by atoms with E-state index in [9.17, 15) is 5.11 Å². The molecule has 4 heteroatoms. The third-order valence-electron chi connectivity index (χ3n) is 5.55. The van der Waals surface area contributed by atoms with Gasteiger partial charge in [-0.3, -0.25) is 0 Å². The van der Waals surface area contributed by atoms with Gasteiger partial charge in [0.05, 0.1) is 0 Å². The van der Waals surface area contributed by atoms with E-state index in [0.717, 1.165) is 63.4 Å². The third-order valence-corrected chi connectivity index (χ3v) is 5.55. The van der Waals surface area contributed by atoms with Gasteiger partial charge in [-0.2, -0.15) is 0 Å². The molecule has 3 aromatic rings. The molecule has 1 aliphatic heterocycles. The molecular weight excluding hydrogens is 314 g/mol. The normalized spacial score (nSPS) is 19.7. The maximum absolute atomic E-state index is 10.3. The maximum atomic E-state index is 10.3. The van der Waals surface area contributed by atoms with Crippen LogP contribution in [0.2, 0.25) is 0 Å². The summed E-state index contributed by atoms with van der Waals surface area (Å²) in [4.78, 5) is 4.54. The number of furan rings is 1. The molecule has 0 saturated carbocycles. The van der Waals surface area contributed by atoms with Crippen molar-refractivity contribution in [3.8, 4) is 11.5 Å². The fraction of sp³-hybridized carbons (Fsp3) is 0.381. The number of phenols is 1. The summed E-state index contributed by atoms with van der Waals surface area (Å²) in [6.07, 6.45) is 1.64. The Labute approximate surface area is 147 Å². The monoisotopic (exact) mass is 337 g/mol. The first-order chi connectivity index (χ1) is 11.8. The Morgan fingerprint density at radius 2 is 1.84 bits per heavy atom. The van der Waals surface area contributed by atoms with E-state index in [-0.39, 0.29) is 0 Å². The van der Waals surface area contributed by atoms with E-state index >= 15 is 0 Å². The summed E-state index contributed by atoms with van der Waals surface area (Å²) in [5, 5.41) is 10.3. The average Bonchev–Trinajstić information content (AvgIpc) is 3.02. The van der Waals surface area contributed by atoms with E-state index in [4.69, 9.17) is 9.15 Å². The van der Waals surface area contributed by atoms with Crippen molar-refractivity contribution >= 4 is 11.1 Å². The second kappa shape index (κ2) is 5.25. The Balaban J connectivity index is 1.82. The Hall–Kier alpha value is -2.49. The number of ether oxygens (including phenoxy) is 1. The fourth-order valence-corrected chi connectivity index (χ4v) is 3.71. The van der Waals surface area contributed by atoms with Crippen LogP contribution in [-0.4, -0.2) is 10.1 Å². The van der Waals surface area contributed by atoms with Crippen molar-refractivity contribution in [1.29, 1.82) is 0 Å². The summed E-state index contributed by atoms with van der Waals surface area (Å²) < 4.78 is 12.5. The molecule has 1 aromatic carbocycles. The highest BCUT2D eigenvalue weighted by molar-refractivity contribution is 5.73. The molecule has 0 aliphatic carbocycles. The average molecular weight is 337 g/mol. The number of hydrogen-bond acceptors (Lipinski definition) is 4. The number of nitrogens with zero attached hydrogens (tertiary/aromatic N) is 1. The molecule has 130 valence electrons. The van der Waals surface area contributed by atoms with E-state index in [1.165, 1.54) is 0 Å². The number of aryl methyl sites for hydroxylation is 1. The topological polar surface area (TPSA) is 55.5 Å². The van der Waals surface area contributed by atoms with Gasteiger partial charge in [-0.25, -0.2) is 4.98 Å². The molecule has 1 atom stereocenters. The number of aromatic hydroxyl groups is 1. The molecule has 0 radical (unpaired) electrons. The molecule has 0 spiro atoms. The third kappa shape index (κ3) is 2.31. The van der Waals surface area contributed by atoms with Crippen molar-refractivity contribution in [2.45, 2.75) is 53.1 Å². The quantitative estimate of drug-likeness (QED) is 0.678. The van der Waals surface area contributed by atoms with Crippen LogP contribution in [-0.2, 0) is 12.0 Å². The lowest BCUT2D eigenvalue weighted by Gasteiger charge is -2.36. The van der Waals surface area contributed by atoms with Gasteiger partial charge in [0, 0.05) is 17.3 Å². The van der Waals surface area contributed by atoms with Crippen LogP contribution < -0.4 is 4.74 Å². The predicted octanol–water partition coefficient (Wildman–Crippen LogP) is 5.01. The van der Waals surface area contributed by atoms with Gasteiger partial charge in [0.15, 0.2) is 11.2 Å². The molecule has 0 fully saturated rings. The summed E-state index contributed by atoms with van der Waals surface area (Å²) >= 11 is 0. The number of pyridine rings is 1. The van der Waals surface area contributed by atoms with Gasteiger partial charge in [0.1, 0.15) is 22.8 Å². The number of rotatable bonds is 1. The van der Waals surface area contributed by atoms with Crippen LogP contribution in [0.4, 0.5) is 0 Å². The zero-order chi connectivity index (χ0) is 17.9. The number of aromatic nitrogens is 1. The van der Waals surface area contributed by atoms with Gasteiger partial charge in [-0.05, 0) is 76.3 Å². The van der Waals surface area contributed by atoms with E-state index < -0.39 is 5.60 Å². The summed E-state index contributed by atoms with van der Waals surface area (Å²) in [6.45, 7) is 9.93. The Morgan fingerprint density at radius 1 is 1.08 bits per heavy atom. The first kappa shape index (κ1) is 16.0. The van der Waals surface area contributed by atoms with Crippen LogP contribution in [0, 0.1) is 27.7 Å². The molecule has 1 unspecified atom stereocenters. The van der Waals surface area contributed by atoms with E-state index in [1.54, 1.807) is 0 Å². The van der Waals surface area contributed by atoms with Gasteiger partial charge in [0.25, 0.3) is 0 Å². The van der Waals surface area contributed by atoms with Crippen molar-refractivity contribution in [3.05, 3.63) is 51.9 Å². The molecule has 1 aliphatic rings. The lowest BCUT2D eigenvalue weighted by molar-refractivity contribution is 0.0405. The first-order valence-corrected chi connectivity index (χ1v) is 8.68. The zero-order valence-electron chi connectivity index (χ0n) is 15.4. The summed E-state index contributed by atoms with van der Waals surface area (Å²) in [7, 11) is 0. The van der Waals surface area contributed by atoms with Gasteiger partial charge in [-0.15, -0.1) is 0 Å². The molecule has 4 nitrogen and oxygen atoms in total. The lowest BCUT2D eigenvalue weighted by Crippen LogP contribution is -2.34. The van der Waals surface area contributed by atoms with E-state index in [1.807, 2.05) is 45.9 Å². The largest absolute Gasteiger partial charge is 0.507 e. The summed E-state index contributed by atoms with van der Waals surface area (Å²) in [5.41, 5.74) is 5.97. The fourth-order valence-electron chi connectivity index (χ4n) is 3.71. The maximum Gasteiger partial charge on any atom is 0.164 e. The second-order valence-corrected chi connectivity index (χ2v) is 7.31. The van der Waals surface area contributed by atoms with Crippen LogP contribution in [0.15, 0.2) is 22.6 Å². The van der Waals surface area contributed by atoms with Crippen LogP contribution in [0.1, 0.15) is 47.1 Å². The molecule has 2 aromatic heterocycles. The Kier molecular flexibility index (Phi) is 3.36. The number of benzene rings is 1. The van der Waals surface area contributed by atoms with Crippen LogP contribution >= 0.6 is 0 Å². The molecule has 0 amide bonds. The van der Waals surface area contributed by atoms with Gasteiger partial charge in [0.2, 0.25) is 0 Å². The van der Waals surface area contributed by atoms with Crippen LogP contribution in [0.5, 0.6) is 11.5 Å². The summed E-state index contributed by atoms with van der Waals surface area (Å²) in [5.74, 6) is 2.06. The number of hydrogen-bond donors (Lipinski definition) is 1. The molecule has 3 heterocycles. The molecule has 0 bridgehead atoms. The number of phenolic OH excluding ortho intramolecular Hbond substituents is 1. The molecular formula is C21H23NO3. The minimum atomic E-state index is -0.539. The smallest absolute Gasteiger partial charge is 0.164 e. The first-order valence-electron chi connectivity index (χ1n) is 8.68. The highest BCUT2D eigenvalue weighted by Crippen LogP contribution is 2.46. The standard InChI is InChI=1S/C21H23NO3/c1-11-6-7-17-16(22-11)10-18(24-17)21(5)9-8-15-14(4)19(23)12(2)13(3)20(15)25-21/h6-7,10,23H,8-9H2,1-5H3. The molecule has 0 saturated heterocycles. The minimum absolute atomic E-state index is 0.381. The SMILES string of the molecule is Cc1ccc2oc(C3(C)CCc4c(C)c(O)c(C)c(C)c4O3)cc2n1. The molecule has 25 heavy (non-hydrogen) atoms. The van der Waals surface area contributed by atoms with Crippen LogP contribution in [0.3, 0.4) is 0 Å². The highest BCUT2D eigenvalue weighted by Gasteiger charge is 2.38. The van der Waals surface area contributed by atoms with Gasteiger partial charge in [-0.1, -0.05) is 0 Å². The lowest BCUT2D eigenvalue weighted by atomic mass is 9.86. The number of fused-ring (bicyclic) bond motifs is 2. The zero-order valence-corrected chi connectivity index (χ0v) is 15.4. The predicted molar refractivity (Wildman–Crippen MR) is 97.4 cm³/mol. The second-order valence-electron chi connectivity index (χ2n) is 7.31. The van der Waals surface area contributed by atoms with Crippen molar-refractivity contribution in [2.24, 2.45) is 0 Å². The molecule has 1 N–H and O–H groups in total. The van der Waals surface area contributed by atoms with Crippen molar-refractivity contribution in [1.82, 2.24) is 4.98 Å². The summed E-state index contributed by atoms with van der Waals surface area (Å²) in [6, 6.07) is 5.90.